The van der Waals surface area contributed by atoms with Gasteiger partial charge in [0, 0.05) is 17.1 Å². The fourth-order valence-corrected chi connectivity index (χ4v) is 4.26. The van der Waals surface area contributed by atoms with Gasteiger partial charge in [0.15, 0.2) is 11.5 Å². The van der Waals surface area contributed by atoms with E-state index >= 15 is 0 Å². The van der Waals surface area contributed by atoms with Crippen molar-refractivity contribution in [2.75, 3.05) is 14.2 Å². The molecule has 0 bridgehead atoms. The van der Waals surface area contributed by atoms with Crippen LogP contribution in [0.2, 0.25) is 0 Å². The third-order valence-electron chi connectivity index (χ3n) is 4.04. The Bertz CT molecular complexity index is 821. The number of fused-ring (bicyclic) bond motifs is 1. The molecule has 0 aliphatic carbocycles. The number of ether oxygens (including phenoxy) is 3. The first kappa shape index (κ1) is 18.8. The van der Waals surface area contributed by atoms with E-state index in [1.54, 1.807) is 14.2 Å². The van der Waals surface area contributed by atoms with Crippen LogP contribution in [0.3, 0.4) is 0 Å². The highest BCUT2D eigenvalue weighted by molar-refractivity contribution is 9.12. The molecular weight excluding hydrogens is 472 g/mol. The maximum absolute atomic E-state index is 11.0. The van der Waals surface area contributed by atoms with Crippen LogP contribution in [0.5, 0.6) is 11.5 Å². The van der Waals surface area contributed by atoms with Crippen LogP contribution < -0.4 is 9.47 Å². The second-order valence-electron chi connectivity index (χ2n) is 5.57. The van der Waals surface area contributed by atoms with Gasteiger partial charge in [-0.15, -0.1) is 0 Å². The van der Waals surface area contributed by atoms with E-state index in [-0.39, 0.29) is 6.04 Å². The Balaban J connectivity index is 2.04. The highest BCUT2D eigenvalue weighted by Gasteiger charge is 2.35. The smallest absolute Gasteiger partial charge is 0.493 e. The Morgan fingerprint density at radius 1 is 1.27 bits per heavy atom. The number of halogens is 2. The first-order chi connectivity index (χ1) is 12.4. The molecule has 0 fully saturated rings. The van der Waals surface area contributed by atoms with Crippen molar-refractivity contribution in [2.45, 2.75) is 18.7 Å². The van der Waals surface area contributed by atoms with E-state index in [2.05, 4.69) is 36.9 Å². The van der Waals surface area contributed by atoms with Crippen molar-refractivity contribution >= 4 is 43.9 Å². The van der Waals surface area contributed by atoms with Crippen LogP contribution in [-0.2, 0) is 4.74 Å². The normalized spacial score (nSPS) is 21.8. The van der Waals surface area contributed by atoms with Crippen LogP contribution in [0.4, 0.5) is 4.79 Å². The van der Waals surface area contributed by atoms with Gasteiger partial charge in [-0.25, -0.2) is 9.79 Å². The molecule has 0 amide bonds. The van der Waals surface area contributed by atoms with Gasteiger partial charge in [-0.3, -0.25) is 0 Å². The minimum Gasteiger partial charge on any atom is -0.493 e. The summed E-state index contributed by atoms with van der Waals surface area (Å²) in [5, 5.41) is 8.99. The van der Waals surface area contributed by atoms with E-state index in [9.17, 15) is 4.79 Å². The van der Waals surface area contributed by atoms with Gasteiger partial charge in [0.25, 0.3) is 0 Å². The van der Waals surface area contributed by atoms with Gasteiger partial charge in [0.05, 0.1) is 24.7 Å². The maximum atomic E-state index is 11.0. The molecule has 1 N–H and O–H groups in total. The van der Waals surface area contributed by atoms with Crippen molar-refractivity contribution in [3.63, 3.8) is 0 Å². The van der Waals surface area contributed by atoms with Crippen LogP contribution in [0, 0.1) is 0 Å². The van der Waals surface area contributed by atoms with Crippen LogP contribution in [0.25, 0.3) is 0 Å². The van der Waals surface area contributed by atoms with Gasteiger partial charge in [-0.05, 0) is 55.6 Å². The summed E-state index contributed by atoms with van der Waals surface area (Å²) < 4.78 is 17.2. The molecule has 7 nitrogen and oxygen atoms in total. The first-order valence-electron chi connectivity index (χ1n) is 7.65. The Morgan fingerprint density at radius 2 is 2.00 bits per heavy atom. The number of rotatable bonds is 4. The Morgan fingerprint density at radius 3 is 2.65 bits per heavy atom. The molecule has 0 radical (unpaired) electrons. The highest BCUT2D eigenvalue weighted by atomic mass is 79.9. The molecule has 138 valence electrons. The van der Waals surface area contributed by atoms with E-state index in [0.717, 1.165) is 14.5 Å². The van der Waals surface area contributed by atoms with Crippen molar-refractivity contribution in [1.29, 1.82) is 0 Å². The highest BCUT2D eigenvalue weighted by Crippen LogP contribution is 2.40. The Hall–Kier alpha value is -2.00. The monoisotopic (exact) mass is 486 g/mol. The van der Waals surface area contributed by atoms with Gasteiger partial charge in [-0.1, -0.05) is 6.07 Å². The van der Waals surface area contributed by atoms with Crippen molar-refractivity contribution in [1.82, 2.24) is 4.90 Å². The molecule has 0 saturated heterocycles. The number of amidine groups is 1. The minimum absolute atomic E-state index is 0.194. The topological polar surface area (TPSA) is 80.6 Å². The molecule has 2 unspecified atom stereocenters. The van der Waals surface area contributed by atoms with Crippen molar-refractivity contribution in [3.05, 3.63) is 45.0 Å². The average Bonchev–Trinajstić information content (AvgIpc) is 2.60. The van der Waals surface area contributed by atoms with Gasteiger partial charge in [-0.2, -0.15) is 0 Å². The van der Waals surface area contributed by atoms with Crippen LogP contribution in [0.15, 0.2) is 44.4 Å². The van der Waals surface area contributed by atoms with E-state index in [0.29, 0.717) is 23.8 Å². The summed E-state index contributed by atoms with van der Waals surface area (Å²) >= 11 is 6.97. The molecule has 1 aromatic rings. The summed E-state index contributed by atoms with van der Waals surface area (Å²) in [5.74, 6) is 1.82. The number of nitrogens with zero attached hydrogens (tertiary/aromatic N) is 2. The van der Waals surface area contributed by atoms with Gasteiger partial charge >= 0.3 is 6.16 Å². The van der Waals surface area contributed by atoms with E-state index in [4.69, 9.17) is 19.3 Å². The SMILES string of the molecule is COc1ccc(C2CC(OC(=O)O)N=C3C(Br)=CC(Br)=CN32)cc1OC. The third kappa shape index (κ3) is 3.73. The number of aliphatic imine (C=N–C) groups is 1. The largest absolute Gasteiger partial charge is 0.507 e. The quantitative estimate of drug-likeness (QED) is 0.634. The molecule has 0 saturated carbocycles. The summed E-state index contributed by atoms with van der Waals surface area (Å²) in [7, 11) is 3.15. The summed E-state index contributed by atoms with van der Waals surface area (Å²) in [6.45, 7) is 0. The Kier molecular flexibility index (Phi) is 5.57. The second-order valence-corrected chi connectivity index (χ2v) is 7.34. The first-order valence-corrected chi connectivity index (χ1v) is 9.24. The number of benzene rings is 1. The van der Waals surface area contributed by atoms with E-state index in [1.165, 1.54) is 0 Å². The molecule has 0 spiro atoms. The molecule has 2 aliphatic heterocycles. The second kappa shape index (κ2) is 7.71. The lowest BCUT2D eigenvalue weighted by Crippen LogP contribution is -2.40. The van der Waals surface area contributed by atoms with E-state index in [1.807, 2.05) is 35.4 Å². The lowest BCUT2D eigenvalue weighted by Gasteiger charge is -2.39. The third-order valence-corrected chi connectivity index (χ3v) is 5.06. The number of allylic oxidation sites excluding steroid dienone is 2. The maximum Gasteiger partial charge on any atom is 0.507 e. The van der Waals surface area contributed by atoms with Crippen LogP contribution in [0.1, 0.15) is 18.0 Å². The lowest BCUT2D eigenvalue weighted by atomic mass is 9.98. The molecule has 1 aromatic carbocycles. The standard InChI is InChI=1S/C17H16Br2N2O5/c1-24-13-4-3-9(5-14(13)25-2)12-7-15(26-17(22)23)20-16-11(19)6-10(18)8-21(12)16/h3-6,8,12,15H,7H2,1-2H3,(H,22,23). The summed E-state index contributed by atoms with van der Waals surface area (Å²) in [6.07, 6.45) is 1.96. The van der Waals surface area contributed by atoms with Gasteiger partial charge in [0.2, 0.25) is 6.23 Å². The van der Waals surface area contributed by atoms with Crippen molar-refractivity contribution in [2.24, 2.45) is 4.99 Å². The summed E-state index contributed by atoms with van der Waals surface area (Å²) in [4.78, 5) is 17.4. The fourth-order valence-electron chi connectivity index (χ4n) is 2.95. The molecule has 2 atom stereocenters. The molecular formula is C17H16Br2N2O5. The lowest BCUT2D eigenvalue weighted by molar-refractivity contribution is 0.0388. The fraction of sp³-hybridized carbons (Fsp3) is 0.294. The van der Waals surface area contributed by atoms with Gasteiger partial charge < -0.3 is 24.2 Å². The zero-order chi connectivity index (χ0) is 18.8. The van der Waals surface area contributed by atoms with Gasteiger partial charge in [0.1, 0.15) is 5.84 Å². The summed E-state index contributed by atoms with van der Waals surface area (Å²) in [5.41, 5.74) is 0.924. The van der Waals surface area contributed by atoms with E-state index < -0.39 is 12.4 Å². The number of carbonyl (C=O) groups is 1. The number of carboxylic acid groups (broad SMARTS) is 1. The zero-order valence-electron chi connectivity index (χ0n) is 14.0. The molecule has 3 rings (SSSR count). The molecule has 2 heterocycles. The Labute approximate surface area is 167 Å². The molecule has 9 heteroatoms. The zero-order valence-corrected chi connectivity index (χ0v) is 17.2. The molecule has 2 aliphatic rings. The number of methoxy groups -OCH3 is 2. The van der Waals surface area contributed by atoms with Crippen LogP contribution in [-0.4, -0.2) is 42.4 Å². The van der Waals surface area contributed by atoms with Crippen molar-refractivity contribution in [3.8, 4) is 11.5 Å². The predicted molar refractivity (Wildman–Crippen MR) is 103 cm³/mol. The number of hydrogen-bond donors (Lipinski definition) is 1. The average molecular weight is 488 g/mol. The molecule has 0 aromatic heterocycles. The minimum atomic E-state index is -1.36. The summed E-state index contributed by atoms with van der Waals surface area (Å²) in [6, 6.07) is 5.42. The van der Waals surface area contributed by atoms with Crippen molar-refractivity contribution < 1.29 is 24.1 Å². The molecule has 26 heavy (non-hydrogen) atoms. The predicted octanol–water partition coefficient (Wildman–Crippen LogP) is 4.40. The number of hydrogen-bond acceptors (Lipinski definition) is 6. The van der Waals surface area contributed by atoms with Crippen LogP contribution >= 0.6 is 31.9 Å².